The predicted molar refractivity (Wildman–Crippen MR) is 69.8 cm³/mol. The fraction of sp³-hybridized carbons (Fsp3) is 0.571. The van der Waals surface area contributed by atoms with E-state index in [1.54, 1.807) is 0 Å². The summed E-state index contributed by atoms with van der Waals surface area (Å²) in [5, 5.41) is 3.39. The van der Waals surface area contributed by atoms with Crippen LogP contribution < -0.4 is 10.1 Å². The van der Waals surface area contributed by atoms with Crippen LogP contribution in [0.4, 0.5) is 5.69 Å². The minimum atomic E-state index is 0.00766. The normalized spacial score (nSPS) is 21.5. The van der Waals surface area contributed by atoms with E-state index >= 15 is 0 Å². The van der Waals surface area contributed by atoms with E-state index in [0.717, 1.165) is 38.3 Å². The molecule has 1 N–H and O–H groups in total. The Labute approximate surface area is 103 Å². The number of fused-ring (bicyclic) bond motifs is 1. The van der Waals surface area contributed by atoms with E-state index < -0.39 is 0 Å². The second-order valence-corrected chi connectivity index (χ2v) is 5.31. The summed E-state index contributed by atoms with van der Waals surface area (Å²) < 4.78 is 6.23. The number of likely N-dealkylation sites (tertiary alicyclic amines) is 1. The van der Waals surface area contributed by atoms with Crippen LogP contribution in [0.15, 0.2) is 18.2 Å². The van der Waals surface area contributed by atoms with Gasteiger partial charge in [0.05, 0.1) is 0 Å². The molecule has 0 aromatic heterocycles. The van der Waals surface area contributed by atoms with Crippen LogP contribution in [0.3, 0.4) is 0 Å². The van der Waals surface area contributed by atoms with Gasteiger partial charge in [-0.3, -0.25) is 4.90 Å². The molecule has 1 fully saturated rings. The summed E-state index contributed by atoms with van der Waals surface area (Å²) in [6.07, 6.45) is 1.08. The molecule has 3 rings (SSSR count). The van der Waals surface area contributed by atoms with Gasteiger partial charge in [0.1, 0.15) is 11.4 Å². The van der Waals surface area contributed by atoms with Crippen molar-refractivity contribution in [3.05, 3.63) is 23.8 Å². The minimum Gasteiger partial charge on any atom is -0.485 e. The van der Waals surface area contributed by atoms with Gasteiger partial charge in [-0.2, -0.15) is 0 Å². The van der Waals surface area contributed by atoms with Crippen LogP contribution in [0, 0.1) is 0 Å². The van der Waals surface area contributed by atoms with Gasteiger partial charge < -0.3 is 10.1 Å². The van der Waals surface area contributed by atoms with Gasteiger partial charge in [0.15, 0.2) is 0 Å². The van der Waals surface area contributed by atoms with Crippen molar-refractivity contribution >= 4 is 5.69 Å². The fourth-order valence-electron chi connectivity index (χ4n) is 2.86. The molecule has 0 radical (unpaired) electrons. The third-order valence-corrected chi connectivity index (χ3v) is 3.74. The lowest BCUT2D eigenvalue weighted by atomic mass is 9.96. The Balaban J connectivity index is 1.76. The molecule has 2 aliphatic rings. The Kier molecular flexibility index (Phi) is 2.51. The highest BCUT2D eigenvalue weighted by Gasteiger charge is 2.40. The maximum Gasteiger partial charge on any atom is 0.131 e. The van der Waals surface area contributed by atoms with Crippen molar-refractivity contribution in [2.75, 3.05) is 31.5 Å². The van der Waals surface area contributed by atoms with E-state index in [-0.39, 0.29) is 5.60 Å². The Morgan fingerprint density at radius 2 is 2.24 bits per heavy atom. The lowest BCUT2D eigenvalue weighted by Gasteiger charge is -2.47. The van der Waals surface area contributed by atoms with Crippen molar-refractivity contribution in [2.24, 2.45) is 0 Å². The summed E-state index contributed by atoms with van der Waals surface area (Å²) in [5.41, 5.74) is 2.61. The molecule has 1 saturated heterocycles. The van der Waals surface area contributed by atoms with Crippen LogP contribution in [-0.4, -0.2) is 36.7 Å². The van der Waals surface area contributed by atoms with Gasteiger partial charge >= 0.3 is 0 Å². The zero-order valence-corrected chi connectivity index (χ0v) is 10.6. The maximum atomic E-state index is 6.23. The Morgan fingerprint density at radius 1 is 1.41 bits per heavy atom. The second-order valence-electron chi connectivity index (χ2n) is 5.31. The van der Waals surface area contributed by atoms with Gasteiger partial charge in [0.2, 0.25) is 0 Å². The van der Waals surface area contributed by atoms with Crippen LogP contribution in [0.5, 0.6) is 5.75 Å². The molecule has 92 valence electrons. The molecular weight excluding hydrogens is 212 g/mol. The van der Waals surface area contributed by atoms with Crippen molar-refractivity contribution in [1.29, 1.82) is 0 Å². The largest absolute Gasteiger partial charge is 0.485 e. The molecule has 2 heterocycles. The highest BCUT2D eigenvalue weighted by atomic mass is 16.5. The molecule has 0 aliphatic carbocycles. The number of nitrogens with one attached hydrogen (secondary N) is 1. The fourth-order valence-corrected chi connectivity index (χ4v) is 2.86. The molecule has 3 nitrogen and oxygen atoms in total. The minimum absolute atomic E-state index is 0.00766. The van der Waals surface area contributed by atoms with Crippen LogP contribution in [-0.2, 0) is 6.42 Å². The number of rotatable bonds is 3. The summed E-state index contributed by atoms with van der Waals surface area (Å²) >= 11 is 0. The first-order valence-electron chi connectivity index (χ1n) is 6.47. The molecular formula is C14H20N2O. The average Bonchev–Trinajstić information content (AvgIpc) is 2.74. The lowest BCUT2D eigenvalue weighted by Crippen LogP contribution is -2.62. The third kappa shape index (κ3) is 1.89. The molecule has 17 heavy (non-hydrogen) atoms. The lowest BCUT2D eigenvalue weighted by molar-refractivity contribution is -0.0609. The number of ether oxygens (including phenoxy) is 1. The van der Waals surface area contributed by atoms with Gasteiger partial charge in [-0.05, 0) is 32.0 Å². The Bertz CT molecular complexity index is 424. The van der Waals surface area contributed by atoms with E-state index in [1.807, 2.05) is 0 Å². The average molecular weight is 232 g/mol. The number of hydrogen-bond donors (Lipinski definition) is 1. The standard InChI is InChI=1S/C14H20N2O/c1-3-16-9-14(2,10-16)17-13-6-4-5-12-11(13)7-8-15-12/h4-6,15H,3,7-10H2,1-2H3. The highest BCUT2D eigenvalue weighted by molar-refractivity contribution is 5.61. The number of hydrogen-bond acceptors (Lipinski definition) is 3. The number of nitrogens with zero attached hydrogens (tertiary/aromatic N) is 1. The van der Waals surface area contributed by atoms with E-state index in [2.05, 4.69) is 42.3 Å². The second kappa shape index (κ2) is 3.91. The quantitative estimate of drug-likeness (QED) is 0.864. The molecule has 2 aliphatic heterocycles. The Hall–Kier alpha value is -1.22. The van der Waals surface area contributed by atoms with Gasteiger partial charge in [-0.1, -0.05) is 13.0 Å². The number of likely N-dealkylation sites (N-methyl/N-ethyl adjacent to an activating group) is 1. The van der Waals surface area contributed by atoms with Crippen molar-refractivity contribution < 1.29 is 4.74 Å². The van der Waals surface area contributed by atoms with E-state index in [0.29, 0.717) is 0 Å². The summed E-state index contributed by atoms with van der Waals surface area (Å²) in [6.45, 7) is 8.65. The zero-order chi connectivity index (χ0) is 11.9. The van der Waals surface area contributed by atoms with Crippen LogP contribution >= 0.6 is 0 Å². The molecule has 0 saturated carbocycles. The summed E-state index contributed by atoms with van der Waals surface area (Å²) in [4.78, 5) is 2.40. The number of anilines is 1. The zero-order valence-electron chi connectivity index (χ0n) is 10.6. The molecule has 0 spiro atoms. The van der Waals surface area contributed by atoms with Crippen molar-refractivity contribution in [2.45, 2.75) is 25.9 Å². The summed E-state index contributed by atoms with van der Waals surface area (Å²) in [7, 11) is 0. The first kappa shape index (κ1) is 10.9. The summed E-state index contributed by atoms with van der Waals surface area (Å²) in [6, 6.07) is 6.31. The SMILES string of the molecule is CCN1CC(C)(Oc2cccc3c2CCN3)C1. The van der Waals surface area contributed by atoms with Crippen LogP contribution in [0.1, 0.15) is 19.4 Å². The van der Waals surface area contributed by atoms with Crippen molar-refractivity contribution in [3.8, 4) is 5.75 Å². The molecule has 0 bridgehead atoms. The molecule has 3 heteroatoms. The highest BCUT2D eigenvalue weighted by Crippen LogP contribution is 2.35. The smallest absolute Gasteiger partial charge is 0.131 e. The number of benzene rings is 1. The van der Waals surface area contributed by atoms with Crippen molar-refractivity contribution in [1.82, 2.24) is 4.90 Å². The van der Waals surface area contributed by atoms with Gasteiger partial charge in [0.25, 0.3) is 0 Å². The molecule has 0 amide bonds. The van der Waals surface area contributed by atoms with Gasteiger partial charge in [0, 0.05) is 30.9 Å². The van der Waals surface area contributed by atoms with Crippen LogP contribution in [0.25, 0.3) is 0 Å². The van der Waals surface area contributed by atoms with E-state index in [1.165, 1.54) is 11.3 Å². The van der Waals surface area contributed by atoms with Crippen molar-refractivity contribution in [3.63, 3.8) is 0 Å². The molecule has 1 aromatic rings. The maximum absolute atomic E-state index is 6.23. The third-order valence-electron chi connectivity index (χ3n) is 3.74. The monoisotopic (exact) mass is 232 g/mol. The molecule has 0 unspecified atom stereocenters. The first-order chi connectivity index (χ1) is 8.20. The molecule has 1 aromatic carbocycles. The predicted octanol–water partition coefficient (Wildman–Crippen LogP) is 2.13. The molecule has 0 atom stereocenters. The topological polar surface area (TPSA) is 24.5 Å². The van der Waals surface area contributed by atoms with Gasteiger partial charge in [-0.15, -0.1) is 0 Å². The first-order valence-corrected chi connectivity index (χ1v) is 6.47. The van der Waals surface area contributed by atoms with E-state index in [4.69, 9.17) is 4.74 Å². The van der Waals surface area contributed by atoms with E-state index in [9.17, 15) is 0 Å². The Morgan fingerprint density at radius 3 is 3.00 bits per heavy atom. The van der Waals surface area contributed by atoms with Gasteiger partial charge in [-0.25, -0.2) is 0 Å². The summed E-state index contributed by atoms with van der Waals surface area (Å²) in [5.74, 6) is 1.07. The van der Waals surface area contributed by atoms with Crippen LogP contribution in [0.2, 0.25) is 0 Å².